The Hall–Kier alpha value is -2.23. The Morgan fingerprint density at radius 1 is 1.38 bits per heavy atom. The SMILES string of the molecule is Cc1nc(CN2CCCC(Nc3nccc(C(F)(F)F)n3)C2)no1. The quantitative estimate of drug-likeness (QED) is 0.913. The molecule has 1 saturated heterocycles. The van der Waals surface area contributed by atoms with E-state index >= 15 is 0 Å². The van der Waals surface area contributed by atoms with Gasteiger partial charge in [-0.1, -0.05) is 5.16 Å². The summed E-state index contributed by atoms with van der Waals surface area (Å²) in [5, 5.41) is 6.85. The molecule has 2 aromatic heterocycles. The number of halogens is 3. The lowest BCUT2D eigenvalue weighted by atomic mass is 10.1. The highest BCUT2D eigenvalue weighted by Crippen LogP contribution is 2.27. The fourth-order valence-corrected chi connectivity index (χ4v) is 2.69. The number of aromatic nitrogens is 4. The molecular weight excluding hydrogens is 325 g/mol. The molecule has 1 aliphatic heterocycles. The summed E-state index contributed by atoms with van der Waals surface area (Å²) in [5.74, 6) is 1.10. The molecule has 3 rings (SSSR count). The van der Waals surface area contributed by atoms with Gasteiger partial charge in [0.1, 0.15) is 5.69 Å². The van der Waals surface area contributed by atoms with Crippen LogP contribution in [0, 0.1) is 6.92 Å². The third-order valence-corrected chi connectivity index (χ3v) is 3.72. The van der Waals surface area contributed by atoms with E-state index in [9.17, 15) is 13.2 Å². The first-order chi connectivity index (χ1) is 11.4. The van der Waals surface area contributed by atoms with Crippen molar-refractivity contribution in [2.75, 3.05) is 18.4 Å². The van der Waals surface area contributed by atoms with Crippen LogP contribution in [0.2, 0.25) is 0 Å². The number of anilines is 1. The van der Waals surface area contributed by atoms with Crippen molar-refractivity contribution in [2.24, 2.45) is 0 Å². The van der Waals surface area contributed by atoms with Crippen LogP contribution in [0.4, 0.5) is 19.1 Å². The number of aryl methyl sites for hydroxylation is 1. The van der Waals surface area contributed by atoms with Crippen LogP contribution in [0.3, 0.4) is 0 Å². The highest BCUT2D eigenvalue weighted by molar-refractivity contribution is 5.28. The van der Waals surface area contributed by atoms with E-state index in [2.05, 4.69) is 30.3 Å². The summed E-state index contributed by atoms with van der Waals surface area (Å²) in [5.41, 5.74) is -0.949. The van der Waals surface area contributed by atoms with Gasteiger partial charge in [0.15, 0.2) is 5.82 Å². The molecule has 7 nitrogen and oxygen atoms in total. The predicted molar refractivity (Wildman–Crippen MR) is 78.0 cm³/mol. The molecule has 1 fully saturated rings. The summed E-state index contributed by atoms with van der Waals surface area (Å²) in [6.45, 7) is 3.78. The van der Waals surface area contributed by atoms with Crippen molar-refractivity contribution in [1.29, 1.82) is 0 Å². The van der Waals surface area contributed by atoms with Crippen LogP contribution < -0.4 is 5.32 Å². The lowest BCUT2D eigenvalue weighted by Gasteiger charge is -2.32. The average molecular weight is 342 g/mol. The second-order valence-corrected chi connectivity index (χ2v) is 5.71. The molecule has 24 heavy (non-hydrogen) atoms. The molecule has 0 bridgehead atoms. The van der Waals surface area contributed by atoms with Crippen molar-refractivity contribution in [2.45, 2.75) is 38.5 Å². The van der Waals surface area contributed by atoms with E-state index in [0.29, 0.717) is 24.8 Å². The van der Waals surface area contributed by atoms with Crippen molar-refractivity contribution in [3.05, 3.63) is 29.7 Å². The van der Waals surface area contributed by atoms with Crippen LogP contribution in [0.5, 0.6) is 0 Å². The van der Waals surface area contributed by atoms with Gasteiger partial charge in [-0.05, 0) is 25.5 Å². The summed E-state index contributed by atoms with van der Waals surface area (Å²) in [6.07, 6.45) is -1.62. The molecule has 0 spiro atoms. The molecule has 1 atom stereocenters. The minimum absolute atomic E-state index is 0.00733. The molecule has 130 valence electrons. The summed E-state index contributed by atoms with van der Waals surface area (Å²) < 4.78 is 43.1. The molecule has 0 aromatic carbocycles. The molecule has 1 N–H and O–H groups in total. The molecule has 0 radical (unpaired) electrons. The third kappa shape index (κ3) is 4.19. The largest absolute Gasteiger partial charge is 0.433 e. The van der Waals surface area contributed by atoms with Crippen LogP contribution >= 0.6 is 0 Å². The molecule has 0 amide bonds. The minimum atomic E-state index is -4.48. The Morgan fingerprint density at radius 2 is 2.21 bits per heavy atom. The van der Waals surface area contributed by atoms with E-state index in [4.69, 9.17) is 4.52 Å². The van der Waals surface area contributed by atoms with Crippen molar-refractivity contribution in [3.8, 4) is 0 Å². The lowest BCUT2D eigenvalue weighted by molar-refractivity contribution is -0.141. The first kappa shape index (κ1) is 16.6. The van der Waals surface area contributed by atoms with Crippen LogP contribution in [0.15, 0.2) is 16.8 Å². The Morgan fingerprint density at radius 3 is 2.92 bits per heavy atom. The monoisotopic (exact) mass is 342 g/mol. The van der Waals surface area contributed by atoms with Gasteiger partial charge in [-0.25, -0.2) is 9.97 Å². The summed E-state index contributed by atoms with van der Waals surface area (Å²) in [7, 11) is 0. The number of rotatable bonds is 4. The standard InChI is InChI=1S/C14H17F3N6O/c1-9-19-12(22-24-9)8-23-6-2-3-10(7-23)20-13-18-5-4-11(21-13)14(15,16)17/h4-5,10H,2-3,6-8H2,1H3,(H,18,20,21). The van der Waals surface area contributed by atoms with Crippen molar-refractivity contribution in [3.63, 3.8) is 0 Å². The lowest BCUT2D eigenvalue weighted by Crippen LogP contribution is -2.42. The van der Waals surface area contributed by atoms with E-state index in [1.165, 1.54) is 0 Å². The van der Waals surface area contributed by atoms with Crippen molar-refractivity contribution in [1.82, 2.24) is 25.0 Å². The Balaban J connectivity index is 1.61. The van der Waals surface area contributed by atoms with E-state index in [-0.39, 0.29) is 12.0 Å². The molecule has 2 aromatic rings. The molecule has 1 aliphatic rings. The van der Waals surface area contributed by atoms with Crippen molar-refractivity contribution < 1.29 is 17.7 Å². The highest BCUT2D eigenvalue weighted by Gasteiger charge is 2.33. The predicted octanol–water partition coefficient (Wildman–Crippen LogP) is 2.26. The summed E-state index contributed by atoms with van der Waals surface area (Å²) in [4.78, 5) is 13.7. The van der Waals surface area contributed by atoms with Crippen LogP contribution in [-0.4, -0.2) is 44.1 Å². The van der Waals surface area contributed by atoms with Gasteiger partial charge in [-0.2, -0.15) is 18.2 Å². The zero-order chi connectivity index (χ0) is 17.2. The molecule has 10 heteroatoms. The topological polar surface area (TPSA) is 80.0 Å². The van der Waals surface area contributed by atoms with E-state index in [1.54, 1.807) is 6.92 Å². The number of nitrogens with zero attached hydrogens (tertiary/aromatic N) is 5. The average Bonchev–Trinajstić information content (AvgIpc) is 2.92. The van der Waals surface area contributed by atoms with Crippen LogP contribution in [0.1, 0.15) is 30.3 Å². The van der Waals surface area contributed by atoms with E-state index in [0.717, 1.165) is 31.6 Å². The van der Waals surface area contributed by atoms with Gasteiger partial charge in [0, 0.05) is 25.7 Å². The number of hydrogen-bond acceptors (Lipinski definition) is 7. The van der Waals surface area contributed by atoms with E-state index < -0.39 is 11.9 Å². The Labute approximate surface area is 136 Å². The normalized spacial score (nSPS) is 19.4. The van der Waals surface area contributed by atoms with Crippen LogP contribution in [-0.2, 0) is 12.7 Å². The minimum Gasteiger partial charge on any atom is -0.350 e. The van der Waals surface area contributed by atoms with Gasteiger partial charge in [0.2, 0.25) is 11.8 Å². The fourth-order valence-electron chi connectivity index (χ4n) is 2.69. The number of alkyl halides is 3. The Bertz CT molecular complexity index is 689. The summed E-state index contributed by atoms with van der Waals surface area (Å²) >= 11 is 0. The van der Waals surface area contributed by atoms with Crippen molar-refractivity contribution >= 4 is 5.95 Å². The maximum atomic E-state index is 12.7. The maximum absolute atomic E-state index is 12.7. The van der Waals surface area contributed by atoms with Gasteiger partial charge < -0.3 is 9.84 Å². The summed E-state index contributed by atoms with van der Waals surface area (Å²) in [6, 6.07) is 0.826. The van der Waals surface area contributed by atoms with Gasteiger partial charge in [0.25, 0.3) is 0 Å². The van der Waals surface area contributed by atoms with Gasteiger partial charge in [0.05, 0.1) is 6.54 Å². The van der Waals surface area contributed by atoms with E-state index in [1.807, 2.05) is 0 Å². The number of hydrogen-bond donors (Lipinski definition) is 1. The second-order valence-electron chi connectivity index (χ2n) is 5.71. The first-order valence-corrected chi connectivity index (χ1v) is 7.58. The zero-order valence-electron chi connectivity index (χ0n) is 13.0. The number of nitrogens with one attached hydrogen (secondary N) is 1. The number of likely N-dealkylation sites (tertiary alicyclic amines) is 1. The molecule has 0 aliphatic carbocycles. The Kier molecular flexibility index (Phi) is 4.65. The first-order valence-electron chi connectivity index (χ1n) is 7.58. The number of piperidine rings is 1. The smallest absolute Gasteiger partial charge is 0.350 e. The van der Waals surface area contributed by atoms with Gasteiger partial charge >= 0.3 is 6.18 Å². The fraction of sp³-hybridized carbons (Fsp3) is 0.571. The van der Waals surface area contributed by atoms with Gasteiger partial charge in [-0.3, -0.25) is 4.90 Å². The van der Waals surface area contributed by atoms with Crippen LogP contribution in [0.25, 0.3) is 0 Å². The zero-order valence-corrected chi connectivity index (χ0v) is 13.0. The maximum Gasteiger partial charge on any atom is 0.433 e. The van der Waals surface area contributed by atoms with Gasteiger partial charge in [-0.15, -0.1) is 0 Å². The molecular formula is C14H17F3N6O. The third-order valence-electron chi connectivity index (χ3n) is 3.72. The molecule has 1 unspecified atom stereocenters. The molecule has 0 saturated carbocycles. The molecule has 3 heterocycles. The highest BCUT2D eigenvalue weighted by atomic mass is 19.4. The second kappa shape index (κ2) is 6.71.